The summed E-state index contributed by atoms with van der Waals surface area (Å²) in [6.07, 6.45) is 5.53. The van der Waals surface area contributed by atoms with E-state index in [4.69, 9.17) is 9.72 Å². The molecule has 6 heteroatoms. The third-order valence-corrected chi connectivity index (χ3v) is 6.00. The van der Waals surface area contributed by atoms with Gasteiger partial charge in [-0.2, -0.15) is 0 Å². The minimum Gasteiger partial charge on any atom is -0.376 e. The molecule has 2 atom stereocenters. The van der Waals surface area contributed by atoms with Crippen molar-refractivity contribution in [3.63, 3.8) is 0 Å². The summed E-state index contributed by atoms with van der Waals surface area (Å²) in [4.78, 5) is 19.4. The highest BCUT2D eigenvalue weighted by molar-refractivity contribution is 7.18. The van der Waals surface area contributed by atoms with Gasteiger partial charge in [0.2, 0.25) is 0 Å². The van der Waals surface area contributed by atoms with E-state index >= 15 is 0 Å². The van der Waals surface area contributed by atoms with Gasteiger partial charge in [-0.1, -0.05) is 12.1 Å². The molecule has 0 aliphatic carbocycles. The van der Waals surface area contributed by atoms with E-state index in [0.717, 1.165) is 55.8 Å². The summed E-state index contributed by atoms with van der Waals surface area (Å²) in [7, 11) is 0. The van der Waals surface area contributed by atoms with Gasteiger partial charge in [-0.15, -0.1) is 11.3 Å². The number of rotatable bonds is 3. The molecule has 2 aromatic rings. The van der Waals surface area contributed by atoms with E-state index in [2.05, 4.69) is 11.4 Å². The van der Waals surface area contributed by atoms with Gasteiger partial charge in [0, 0.05) is 19.7 Å². The Labute approximate surface area is 146 Å². The average Bonchev–Trinajstić information content (AvgIpc) is 3.29. The zero-order chi connectivity index (χ0) is 16.4. The summed E-state index contributed by atoms with van der Waals surface area (Å²) in [5.41, 5.74) is 1.03. The Bertz CT molecular complexity index is 678. The number of para-hydroxylation sites is 1. The third-order valence-electron chi connectivity index (χ3n) is 4.86. The maximum atomic E-state index is 12.7. The molecule has 0 saturated carbocycles. The predicted molar refractivity (Wildman–Crippen MR) is 95.3 cm³/mol. The van der Waals surface area contributed by atoms with Gasteiger partial charge in [-0.25, -0.2) is 9.78 Å². The quantitative estimate of drug-likeness (QED) is 0.922. The van der Waals surface area contributed by atoms with Crippen LogP contribution in [-0.2, 0) is 4.74 Å². The number of nitrogens with zero attached hydrogens (tertiary/aromatic N) is 2. The lowest BCUT2D eigenvalue weighted by Crippen LogP contribution is -2.46. The fourth-order valence-corrected chi connectivity index (χ4v) is 4.69. The summed E-state index contributed by atoms with van der Waals surface area (Å²) in [6, 6.07) is 8.31. The number of benzene rings is 1. The molecule has 4 rings (SSSR count). The first-order chi connectivity index (χ1) is 11.8. The number of hydrogen-bond donors (Lipinski definition) is 1. The minimum absolute atomic E-state index is 0.0226. The van der Waals surface area contributed by atoms with Crippen LogP contribution in [0.3, 0.4) is 0 Å². The van der Waals surface area contributed by atoms with Crippen molar-refractivity contribution >= 4 is 27.6 Å². The highest BCUT2D eigenvalue weighted by Crippen LogP contribution is 2.35. The first kappa shape index (κ1) is 15.8. The summed E-state index contributed by atoms with van der Waals surface area (Å²) in [5.74, 6) is 0. The molecule has 2 aliphatic rings. The van der Waals surface area contributed by atoms with Gasteiger partial charge in [0.25, 0.3) is 0 Å². The van der Waals surface area contributed by atoms with Crippen LogP contribution in [-0.4, -0.2) is 41.7 Å². The maximum Gasteiger partial charge on any atom is 0.318 e. The lowest BCUT2D eigenvalue weighted by atomic mass is 10.0. The first-order valence-electron chi connectivity index (χ1n) is 8.83. The van der Waals surface area contributed by atoms with Gasteiger partial charge in [0.05, 0.1) is 22.4 Å². The number of hydrogen-bond acceptors (Lipinski definition) is 4. The number of fused-ring (bicyclic) bond motifs is 1. The fourth-order valence-electron chi connectivity index (χ4n) is 3.57. The number of ether oxygens (including phenoxy) is 1. The molecule has 128 valence electrons. The predicted octanol–water partition coefficient (Wildman–Crippen LogP) is 3.71. The van der Waals surface area contributed by atoms with Gasteiger partial charge in [-0.3, -0.25) is 0 Å². The minimum atomic E-state index is 0.0226. The van der Waals surface area contributed by atoms with Gasteiger partial charge < -0.3 is 15.0 Å². The average molecular weight is 345 g/mol. The van der Waals surface area contributed by atoms with E-state index in [9.17, 15) is 4.79 Å². The summed E-state index contributed by atoms with van der Waals surface area (Å²) in [5, 5.41) is 4.13. The molecule has 2 saturated heterocycles. The Morgan fingerprint density at radius 2 is 2.21 bits per heavy atom. The molecule has 2 amide bonds. The molecule has 0 unspecified atom stereocenters. The van der Waals surface area contributed by atoms with Crippen LogP contribution in [0.15, 0.2) is 24.3 Å². The second-order valence-electron chi connectivity index (χ2n) is 6.55. The molecule has 3 heterocycles. The zero-order valence-corrected chi connectivity index (χ0v) is 14.6. The Morgan fingerprint density at radius 1 is 1.29 bits per heavy atom. The van der Waals surface area contributed by atoms with Crippen LogP contribution < -0.4 is 5.32 Å². The summed E-state index contributed by atoms with van der Waals surface area (Å²) >= 11 is 1.71. The maximum absolute atomic E-state index is 12.7. The largest absolute Gasteiger partial charge is 0.376 e. The van der Waals surface area contributed by atoms with E-state index in [0.29, 0.717) is 6.54 Å². The molecule has 24 heavy (non-hydrogen) atoms. The second kappa shape index (κ2) is 7.07. The van der Waals surface area contributed by atoms with Crippen molar-refractivity contribution < 1.29 is 9.53 Å². The van der Waals surface area contributed by atoms with Crippen molar-refractivity contribution in [2.24, 2.45) is 0 Å². The molecular weight excluding hydrogens is 322 g/mol. The van der Waals surface area contributed by atoms with E-state index in [-0.39, 0.29) is 18.2 Å². The molecular formula is C18H23N3O2S. The lowest BCUT2D eigenvalue weighted by Gasteiger charge is -2.34. The van der Waals surface area contributed by atoms with Crippen LogP contribution in [0.2, 0.25) is 0 Å². The van der Waals surface area contributed by atoms with Gasteiger partial charge in [0.15, 0.2) is 0 Å². The van der Waals surface area contributed by atoms with Crippen LogP contribution in [0.25, 0.3) is 10.2 Å². The second-order valence-corrected chi connectivity index (χ2v) is 7.61. The summed E-state index contributed by atoms with van der Waals surface area (Å²) < 4.78 is 6.79. The van der Waals surface area contributed by atoms with Crippen molar-refractivity contribution in [3.05, 3.63) is 29.3 Å². The molecule has 0 spiro atoms. The highest BCUT2D eigenvalue weighted by Gasteiger charge is 2.30. The van der Waals surface area contributed by atoms with Crippen molar-refractivity contribution in [2.45, 2.75) is 44.2 Å². The van der Waals surface area contributed by atoms with Gasteiger partial charge in [-0.05, 0) is 44.2 Å². The number of carbonyl (C=O) groups is 1. The van der Waals surface area contributed by atoms with Crippen LogP contribution >= 0.6 is 11.3 Å². The van der Waals surface area contributed by atoms with E-state index in [1.54, 1.807) is 11.3 Å². The SMILES string of the molecule is O=C(NC[C@@H]1CCCO1)N1CCCC[C@@H]1c1nc2ccccc2s1. The van der Waals surface area contributed by atoms with Crippen LogP contribution in [0.1, 0.15) is 43.2 Å². The topological polar surface area (TPSA) is 54.5 Å². The Morgan fingerprint density at radius 3 is 3.04 bits per heavy atom. The van der Waals surface area contributed by atoms with Crippen LogP contribution in [0.4, 0.5) is 4.79 Å². The molecule has 1 N–H and O–H groups in total. The Kier molecular flexibility index (Phi) is 4.67. The molecule has 5 nitrogen and oxygen atoms in total. The molecule has 2 aliphatic heterocycles. The number of aromatic nitrogens is 1. The van der Waals surface area contributed by atoms with Crippen LogP contribution in [0, 0.1) is 0 Å². The Hall–Kier alpha value is -1.66. The van der Waals surface area contributed by atoms with E-state index in [1.807, 2.05) is 23.1 Å². The molecule has 1 aromatic carbocycles. The highest BCUT2D eigenvalue weighted by atomic mass is 32.1. The number of piperidine rings is 1. The smallest absolute Gasteiger partial charge is 0.318 e. The standard InChI is InChI=1S/C18H23N3O2S/c22-18(19-12-13-6-5-11-23-13)21-10-4-3-8-15(21)17-20-14-7-1-2-9-16(14)24-17/h1-2,7,9,13,15H,3-6,8,10-12H2,(H,19,22)/t13-,15+/m0/s1. The van der Waals surface area contributed by atoms with Crippen molar-refractivity contribution in [1.82, 2.24) is 15.2 Å². The molecule has 0 radical (unpaired) electrons. The van der Waals surface area contributed by atoms with Crippen molar-refractivity contribution in [3.8, 4) is 0 Å². The van der Waals surface area contributed by atoms with Crippen LogP contribution in [0.5, 0.6) is 0 Å². The molecule has 2 fully saturated rings. The number of nitrogens with one attached hydrogen (secondary N) is 1. The fraction of sp³-hybridized carbons (Fsp3) is 0.556. The molecule has 0 bridgehead atoms. The molecule has 1 aromatic heterocycles. The number of amides is 2. The van der Waals surface area contributed by atoms with Crippen molar-refractivity contribution in [1.29, 1.82) is 0 Å². The number of carbonyl (C=O) groups excluding carboxylic acids is 1. The van der Waals surface area contributed by atoms with E-state index in [1.165, 1.54) is 4.70 Å². The normalized spacial score (nSPS) is 24.4. The third kappa shape index (κ3) is 3.26. The zero-order valence-electron chi connectivity index (χ0n) is 13.7. The number of thiazole rings is 1. The van der Waals surface area contributed by atoms with Crippen molar-refractivity contribution in [2.75, 3.05) is 19.7 Å². The summed E-state index contributed by atoms with van der Waals surface area (Å²) in [6.45, 7) is 2.23. The number of likely N-dealkylation sites (tertiary alicyclic amines) is 1. The number of urea groups is 1. The van der Waals surface area contributed by atoms with Gasteiger partial charge >= 0.3 is 6.03 Å². The monoisotopic (exact) mass is 345 g/mol. The Balaban J connectivity index is 1.48. The van der Waals surface area contributed by atoms with Gasteiger partial charge in [0.1, 0.15) is 5.01 Å². The first-order valence-corrected chi connectivity index (χ1v) is 9.64. The van der Waals surface area contributed by atoms with E-state index < -0.39 is 0 Å². The lowest BCUT2D eigenvalue weighted by molar-refractivity contribution is 0.104.